The number of rotatable bonds is 6. The van der Waals surface area contributed by atoms with Crippen LogP contribution in [0.4, 0.5) is 0 Å². The first-order chi connectivity index (χ1) is 7.76. The average molecular weight is 214 g/mol. The molecule has 0 spiro atoms. The topological polar surface area (TPSA) is 0 Å². The Hall–Kier alpha value is -1.30. The molecule has 0 saturated heterocycles. The lowest BCUT2D eigenvalue weighted by atomic mass is 9.98. The number of allylic oxidation sites excluding steroid dienone is 2. The van der Waals surface area contributed by atoms with Crippen LogP contribution in [-0.2, 0) is 0 Å². The maximum Gasteiger partial charge on any atom is -0.0230 e. The normalized spacial score (nSPS) is 12.9. The molecule has 0 unspecified atom stereocenters. The van der Waals surface area contributed by atoms with Gasteiger partial charge in [0.25, 0.3) is 0 Å². The van der Waals surface area contributed by atoms with Crippen molar-refractivity contribution < 1.29 is 0 Å². The summed E-state index contributed by atoms with van der Waals surface area (Å²) in [6, 6.07) is 8.66. The SMILES string of the molecule is C=CCC[C@H](/C=C\c1ccc(C)cc1)CC. The van der Waals surface area contributed by atoms with Gasteiger partial charge in [0.15, 0.2) is 0 Å². The number of hydrogen-bond donors (Lipinski definition) is 0. The summed E-state index contributed by atoms with van der Waals surface area (Å²) in [5.74, 6) is 0.680. The zero-order valence-electron chi connectivity index (χ0n) is 10.4. The smallest absolute Gasteiger partial charge is 0.0230 e. The maximum absolute atomic E-state index is 3.77. The van der Waals surface area contributed by atoms with E-state index in [2.05, 4.69) is 56.8 Å². The van der Waals surface area contributed by atoms with Crippen LogP contribution >= 0.6 is 0 Å². The van der Waals surface area contributed by atoms with E-state index in [1.165, 1.54) is 24.0 Å². The molecule has 0 N–H and O–H groups in total. The highest BCUT2D eigenvalue weighted by Crippen LogP contribution is 2.15. The lowest BCUT2D eigenvalue weighted by Gasteiger charge is -2.07. The molecule has 86 valence electrons. The molecule has 0 aliphatic rings. The van der Waals surface area contributed by atoms with Crippen molar-refractivity contribution in [2.45, 2.75) is 33.1 Å². The summed E-state index contributed by atoms with van der Waals surface area (Å²) in [6.07, 6.45) is 10.1. The van der Waals surface area contributed by atoms with Gasteiger partial charge in [-0.2, -0.15) is 0 Å². The molecule has 1 rings (SSSR count). The molecule has 0 fully saturated rings. The van der Waals surface area contributed by atoms with Gasteiger partial charge in [-0.3, -0.25) is 0 Å². The average Bonchev–Trinajstić information content (AvgIpc) is 2.32. The quantitative estimate of drug-likeness (QED) is 0.584. The predicted molar refractivity (Wildman–Crippen MR) is 73.4 cm³/mol. The van der Waals surface area contributed by atoms with E-state index in [-0.39, 0.29) is 0 Å². The molecule has 1 aromatic rings. The van der Waals surface area contributed by atoms with Crippen molar-refractivity contribution in [3.8, 4) is 0 Å². The Labute approximate surface area is 99.7 Å². The first-order valence-electron chi connectivity index (χ1n) is 6.12. The molecular weight excluding hydrogens is 192 g/mol. The highest BCUT2D eigenvalue weighted by Gasteiger charge is 1.99. The highest BCUT2D eigenvalue weighted by atomic mass is 14.0. The molecule has 1 atom stereocenters. The fourth-order valence-corrected chi connectivity index (χ4v) is 1.69. The van der Waals surface area contributed by atoms with Gasteiger partial charge in [0.05, 0.1) is 0 Å². The van der Waals surface area contributed by atoms with Crippen LogP contribution < -0.4 is 0 Å². The fraction of sp³-hybridized carbons (Fsp3) is 0.375. The van der Waals surface area contributed by atoms with E-state index < -0.39 is 0 Å². The Balaban J connectivity index is 2.56. The van der Waals surface area contributed by atoms with Crippen molar-refractivity contribution in [2.24, 2.45) is 5.92 Å². The van der Waals surface area contributed by atoms with Gasteiger partial charge in [0.2, 0.25) is 0 Å². The van der Waals surface area contributed by atoms with Crippen LogP contribution in [0, 0.1) is 12.8 Å². The summed E-state index contributed by atoms with van der Waals surface area (Å²) in [5, 5.41) is 0. The van der Waals surface area contributed by atoms with E-state index in [1.54, 1.807) is 0 Å². The largest absolute Gasteiger partial charge is 0.103 e. The van der Waals surface area contributed by atoms with Crippen molar-refractivity contribution >= 4 is 6.08 Å². The standard InChI is InChI=1S/C16H22/c1-4-6-7-15(5-2)12-13-16-10-8-14(3)9-11-16/h4,8-13,15H,1,5-7H2,2-3H3/b13-12-/t15-/m1/s1. The number of hydrogen-bond acceptors (Lipinski definition) is 0. The third-order valence-corrected chi connectivity index (χ3v) is 2.90. The summed E-state index contributed by atoms with van der Waals surface area (Å²) in [4.78, 5) is 0. The molecule has 0 aromatic heterocycles. The lowest BCUT2D eigenvalue weighted by molar-refractivity contribution is 0.581. The van der Waals surface area contributed by atoms with Crippen LogP contribution in [-0.4, -0.2) is 0 Å². The van der Waals surface area contributed by atoms with Gasteiger partial charge < -0.3 is 0 Å². The van der Waals surface area contributed by atoms with E-state index in [0.29, 0.717) is 5.92 Å². The predicted octanol–water partition coefficient (Wildman–Crippen LogP) is 5.00. The molecule has 16 heavy (non-hydrogen) atoms. The number of aryl methyl sites for hydroxylation is 1. The van der Waals surface area contributed by atoms with Crippen LogP contribution in [0.2, 0.25) is 0 Å². The second-order valence-electron chi connectivity index (χ2n) is 4.30. The summed E-state index contributed by atoms with van der Waals surface area (Å²) >= 11 is 0. The zero-order valence-corrected chi connectivity index (χ0v) is 10.4. The minimum Gasteiger partial charge on any atom is -0.103 e. The Kier molecular flexibility index (Phi) is 5.63. The maximum atomic E-state index is 3.77. The molecular formula is C16H22. The molecule has 1 aromatic carbocycles. The van der Waals surface area contributed by atoms with Gasteiger partial charge >= 0.3 is 0 Å². The van der Waals surface area contributed by atoms with Crippen molar-refractivity contribution in [3.05, 3.63) is 54.1 Å². The molecule has 0 bridgehead atoms. The molecule has 0 aliphatic carbocycles. The Morgan fingerprint density at radius 1 is 1.25 bits per heavy atom. The third-order valence-electron chi connectivity index (χ3n) is 2.90. The Morgan fingerprint density at radius 3 is 2.50 bits per heavy atom. The van der Waals surface area contributed by atoms with Crippen molar-refractivity contribution in [3.63, 3.8) is 0 Å². The fourth-order valence-electron chi connectivity index (χ4n) is 1.69. The van der Waals surface area contributed by atoms with Gasteiger partial charge in [-0.15, -0.1) is 6.58 Å². The monoisotopic (exact) mass is 214 g/mol. The van der Waals surface area contributed by atoms with Gasteiger partial charge in [-0.25, -0.2) is 0 Å². The van der Waals surface area contributed by atoms with Crippen molar-refractivity contribution in [1.29, 1.82) is 0 Å². The summed E-state index contributed by atoms with van der Waals surface area (Å²) in [6.45, 7) is 8.13. The van der Waals surface area contributed by atoms with Gasteiger partial charge in [-0.05, 0) is 37.7 Å². The summed E-state index contributed by atoms with van der Waals surface area (Å²) < 4.78 is 0. The van der Waals surface area contributed by atoms with E-state index in [0.717, 1.165) is 6.42 Å². The molecule has 0 saturated carbocycles. The van der Waals surface area contributed by atoms with E-state index in [1.807, 2.05) is 6.08 Å². The molecule has 0 radical (unpaired) electrons. The van der Waals surface area contributed by atoms with E-state index >= 15 is 0 Å². The van der Waals surface area contributed by atoms with Crippen LogP contribution in [0.5, 0.6) is 0 Å². The van der Waals surface area contributed by atoms with Gasteiger partial charge in [0, 0.05) is 0 Å². The Bertz CT molecular complexity index is 330. The first kappa shape index (κ1) is 12.8. The van der Waals surface area contributed by atoms with Crippen LogP contribution in [0.15, 0.2) is 43.0 Å². The van der Waals surface area contributed by atoms with Crippen LogP contribution in [0.1, 0.15) is 37.3 Å². The minimum absolute atomic E-state index is 0.680. The summed E-state index contributed by atoms with van der Waals surface area (Å²) in [7, 11) is 0. The van der Waals surface area contributed by atoms with E-state index in [4.69, 9.17) is 0 Å². The van der Waals surface area contributed by atoms with Gasteiger partial charge in [-0.1, -0.05) is 55.0 Å². The third kappa shape index (κ3) is 4.48. The zero-order chi connectivity index (χ0) is 11.8. The molecule has 0 amide bonds. The highest BCUT2D eigenvalue weighted by molar-refractivity contribution is 5.49. The number of benzene rings is 1. The van der Waals surface area contributed by atoms with Crippen molar-refractivity contribution in [2.75, 3.05) is 0 Å². The van der Waals surface area contributed by atoms with Crippen LogP contribution in [0.25, 0.3) is 6.08 Å². The van der Waals surface area contributed by atoms with Gasteiger partial charge in [0.1, 0.15) is 0 Å². The van der Waals surface area contributed by atoms with Crippen LogP contribution in [0.3, 0.4) is 0 Å². The summed E-state index contributed by atoms with van der Waals surface area (Å²) in [5.41, 5.74) is 2.61. The first-order valence-corrected chi connectivity index (χ1v) is 6.12. The molecule has 0 nitrogen and oxygen atoms in total. The van der Waals surface area contributed by atoms with E-state index in [9.17, 15) is 0 Å². The lowest BCUT2D eigenvalue weighted by Crippen LogP contribution is -1.92. The molecule has 0 heterocycles. The molecule has 0 aliphatic heterocycles. The molecule has 0 heteroatoms. The second kappa shape index (κ2) is 7.05. The second-order valence-corrected chi connectivity index (χ2v) is 4.30. The minimum atomic E-state index is 0.680. The van der Waals surface area contributed by atoms with Crippen molar-refractivity contribution in [1.82, 2.24) is 0 Å². The Morgan fingerprint density at radius 2 is 1.94 bits per heavy atom.